The number of benzene rings is 1. The highest BCUT2D eigenvalue weighted by molar-refractivity contribution is 5.74. The first kappa shape index (κ1) is 12.1. The minimum absolute atomic E-state index is 0.658. The van der Waals surface area contributed by atoms with Crippen molar-refractivity contribution >= 4 is 11.4 Å². The van der Waals surface area contributed by atoms with Crippen LogP contribution in [0.25, 0.3) is 0 Å². The summed E-state index contributed by atoms with van der Waals surface area (Å²) in [5, 5.41) is 0. The second-order valence-corrected chi connectivity index (χ2v) is 4.55. The Hall–Kier alpha value is -1.38. The second-order valence-electron chi connectivity index (χ2n) is 4.55. The van der Waals surface area contributed by atoms with Gasteiger partial charge in [0.1, 0.15) is 5.75 Å². The molecule has 1 fully saturated rings. The first-order valence-electron chi connectivity index (χ1n) is 6.55. The smallest absolute Gasteiger partial charge is 0.144 e. The highest BCUT2D eigenvalue weighted by Crippen LogP contribution is 2.38. The lowest BCUT2D eigenvalue weighted by Gasteiger charge is -2.26. The van der Waals surface area contributed by atoms with Gasteiger partial charge in [0.15, 0.2) is 0 Å². The van der Waals surface area contributed by atoms with E-state index in [0.717, 1.165) is 30.1 Å². The van der Waals surface area contributed by atoms with Gasteiger partial charge in [-0.25, -0.2) is 0 Å². The molecule has 0 heterocycles. The number of nitrogen functional groups attached to an aromatic ring is 1. The number of ether oxygens (including phenoxy) is 1. The summed E-state index contributed by atoms with van der Waals surface area (Å²) in [6.07, 6.45) is 3.73. The number of para-hydroxylation sites is 1. The van der Waals surface area contributed by atoms with Crippen molar-refractivity contribution in [2.45, 2.75) is 39.2 Å². The summed E-state index contributed by atoms with van der Waals surface area (Å²) in [6, 6.07) is 6.77. The SMILES string of the molecule is CCCN(c1cccc(OCC)c1N)C1CC1. The predicted octanol–water partition coefficient (Wildman–Crippen LogP) is 3.05. The molecule has 2 N–H and O–H groups in total. The normalized spacial score (nSPS) is 14.7. The van der Waals surface area contributed by atoms with Gasteiger partial charge in [0.25, 0.3) is 0 Å². The van der Waals surface area contributed by atoms with Crippen molar-refractivity contribution in [1.82, 2.24) is 0 Å². The molecule has 1 saturated carbocycles. The highest BCUT2D eigenvalue weighted by atomic mass is 16.5. The van der Waals surface area contributed by atoms with E-state index >= 15 is 0 Å². The number of hydrogen-bond donors (Lipinski definition) is 1. The molecule has 0 aromatic heterocycles. The molecule has 0 amide bonds. The molecule has 0 aliphatic heterocycles. The van der Waals surface area contributed by atoms with Crippen LogP contribution in [0.4, 0.5) is 11.4 Å². The third-order valence-electron chi connectivity index (χ3n) is 3.10. The summed E-state index contributed by atoms with van der Waals surface area (Å²) in [6.45, 7) is 5.92. The van der Waals surface area contributed by atoms with Crippen molar-refractivity contribution in [3.63, 3.8) is 0 Å². The Balaban J connectivity index is 2.25. The van der Waals surface area contributed by atoms with Gasteiger partial charge in [0.05, 0.1) is 18.0 Å². The van der Waals surface area contributed by atoms with Crippen molar-refractivity contribution in [3.8, 4) is 5.75 Å². The predicted molar refractivity (Wildman–Crippen MR) is 72.7 cm³/mol. The van der Waals surface area contributed by atoms with Crippen LogP contribution in [0, 0.1) is 0 Å². The van der Waals surface area contributed by atoms with Gasteiger partial charge in [0, 0.05) is 12.6 Å². The van der Waals surface area contributed by atoms with Crippen LogP contribution in [0.5, 0.6) is 5.75 Å². The van der Waals surface area contributed by atoms with E-state index in [9.17, 15) is 0 Å². The van der Waals surface area contributed by atoms with Crippen molar-refractivity contribution in [3.05, 3.63) is 18.2 Å². The number of nitrogens with zero attached hydrogens (tertiary/aromatic N) is 1. The average molecular weight is 234 g/mol. The van der Waals surface area contributed by atoms with E-state index in [4.69, 9.17) is 10.5 Å². The molecule has 0 bridgehead atoms. The van der Waals surface area contributed by atoms with E-state index in [1.807, 2.05) is 19.1 Å². The topological polar surface area (TPSA) is 38.5 Å². The molecule has 1 aliphatic rings. The third-order valence-corrected chi connectivity index (χ3v) is 3.10. The molecule has 94 valence electrons. The van der Waals surface area contributed by atoms with Crippen molar-refractivity contribution in [2.24, 2.45) is 0 Å². The third kappa shape index (κ3) is 2.65. The first-order chi connectivity index (χ1) is 8.27. The zero-order valence-corrected chi connectivity index (χ0v) is 10.8. The van der Waals surface area contributed by atoms with Crippen LogP contribution in [0.15, 0.2) is 18.2 Å². The molecular weight excluding hydrogens is 212 g/mol. The molecular formula is C14H22N2O. The zero-order valence-electron chi connectivity index (χ0n) is 10.8. The molecule has 1 aromatic carbocycles. The highest BCUT2D eigenvalue weighted by Gasteiger charge is 2.30. The standard InChI is InChI=1S/C14H22N2O/c1-3-10-16(11-8-9-11)12-6-5-7-13(14(12)15)17-4-2/h5-7,11H,3-4,8-10,15H2,1-2H3. The van der Waals surface area contributed by atoms with E-state index in [2.05, 4.69) is 17.9 Å². The van der Waals surface area contributed by atoms with Crippen molar-refractivity contribution in [2.75, 3.05) is 23.8 Å². The van der Waals surface area contributed by atoms with Crippen molar-refractivity contribution in [1.29, 1.82) is 0 Å². The zero-order chi connectivity index (χ0) is 12.3. The summed E-state index contributed by atoms with van der Waals surface area (Å²) >= 11 is 0. The molecule has 1 aliphatic carbocycles. The maximum absolute atomic E-state index is 6.20. The van der Waals surface area contributed by atoms with Gasteiger partial charge < -0.3 is 15.4 Å². The van der Waals surface area contributed by atoms with Gasteiger partial charge in [-0.2, -0.15) is 0 Å². The number of rotatable bonds is 6. The lowest BCUT2D eigenvalue weighted by Crippen LogP contribution is -2.27. The van der Waals surface area contributed by atoms with E-state index in [0.29, 0.717) is 12.6 Å². The fourth-order valence-corrected chi connectivity index (χ4v) is 2.19. The van der Waals surface area contributed by atoms with Crippen LogP contribution in [0.3, 0.4) is 0 Å². The molecule has 0 atom stereocenters. The Morgan fingerprint density at radius 1 is 1.35 bits per heavy atom. The summed E-state index contributed by atoms with van der Waals surface area (Å²) < 4.78 is 5.55. The summed E-state index contributed by atoms with van der Waals surface area (Å²) in [5.41, 5.74) is 8.13. The molecule has 17 heavy (non-hydrogen) atoms. The molecule has 1 aromatic rings. The lowest BCUT2D eigenvalue weighted by molar-refractivity contribution is 0.342. The van der Waals surface area contributed by atoms with Gasteiger partial charge >= 0.3 is 0 Å². The Bertz CT molecular complexity index is 374. The fraction of sp³-hybridized carbons (Fsp3) is 0.571. The maximum atomic E-state index is 6.20. The number of nitrogens with two attached hydrogens (primary N) is 1. The van der Waals surface area contributed by atoms with E-state index in [1.54, 1.807) is 0 Å². The van der Waals surface area contributed by atoms with Crippen LogP contribution in [0.1, 0.15) is 33.1 Å². The Morgan fingerprint density at radius 2 is 2.12 bits per heavy atom. The molecule has 0 spiro atoms. The largest absolute Gasteiger partial charge is 0.492 e. The van der Waals surface area contributed by atoms with Gasteiger partial charge in [-0.05, 0) is 38.3 Å². The molecule has 3 nitrogen and oxygen atoms in total. The molecule has 0 saturated heterocycles. The monoisotopic (exact) mass is 234 g/mol. The minimum Gasteiger partial charge on any atom is -0.492 e. The molecule has 0 radical (unpaired) electrons. The van der Waals surface area contributed by atoms with Crippen LogP contribution < -0.4 is 15.4 Å². The summed E-state index contributed by atoms with van der Waals surface area (Å²) in [7, 11) is 0. The first-order valence-corrected chi connectivity index (χ1v) is 6.55. The summed E-state index contributed by atoms with van der Waals surface area (Å²) in [5.74, 6) is 0.812. The minimum atomic E-state index is 0.658. The van der Waals surface area contributed by atoms with E-state index < -0.39 is 0 Å². The maximum Gasteiger partial charge on any atom is 0.144 e. The molecule has 0 unspecified atom stereocenters. The number of anilines is 2. The Kier molecular flexibility index (Phi) is 3.77. The van der Waals surface area contributed by atoms with E-state index in [1.165, 1.54) is 12.8 Å². The average Bonchev–Trinajstić information content (AvgIpc) is 3.14. The summed E-state index contributed by atoms with van der Waals surface area (Å²) in [4.78, 5) is 2.43. The molecule has 2 rings (SSSR count). The van der Waals surface area contributed by atoms with Crippen LogP contribution in [-0.2, 0) is 0 Å². The fourth-order valence-electron chi connectivity index (χ4n) is 2.19. The van der Waals surface area contributed by atoms with Crippen molar-refractivity contribution < 1.29 is 4.74 Å². The van der Waals surface area contributed by atoms with E-state index in [-0.39, 0.29) is 0 Å². The van der Waals surface area contributed by atoms with Gasteiger partial charge in [-0.1, -0.05) is 13.0 Å². The van der Waals surface area contributed by atoms with Crippen LogP contribution in [0.2, 0.25) is 0 Å². The van der Waals surface area contributed by atoms with Gasteiger partial charge in [0.2, 0.25) is 0 Å². The second kappa shape index (κ2) is 5.30. The quantitative estimate of drug-likeness (QED) is 0.769. The Labute approximate surface area is 104 Å². The molecule has 3 heteroatoms. The van der Waals surface area contributed by atoms with Gasteiger partial charge in [-0.15, -0.1) is 0 Å². The van der Waals surface area contributed by atoms with Gasteiger partial charge in [-0.3, -0.25) is 0 Å². The van der Waals surface area contributed by atoms with Crippen LogP contribution in [-0.4, -0.2) is 19.2 Å². The number of hydrogen-bond acceptors (Lipinski definition) is 3. The lowest BCUT2D eigenvalue weighted by atomic mass is 10.2. The van der Waals surface area contributed by atoms with Crippen LogP contribution >= 0.6 is 0 Å². The Morgan fingerprint density at radius 3 is 2.71 bits per heavy atom.